The van der Waals surface area contributed by atoms with Crippen LogP contribution in [0.2, 0.25) is 0 Å². The van der Waals surface area contributed by atoms with Gasteiger partial charge in [0.15, 0.2) is 0 Å². The SMILES string of the molecule is CC1(C)CC(CCN)CC(C)(C)C1.Cl. The molecule has 0 aromatic rings. The Bertz CT molecular complexity index is 159. The van der Waals surface area contributed by atoms with Crippen molar-refractivity contribution in [2.24, 2.45) is 22.5 Å². The highest BCUT2D eigenvalue weighted by molar-refractivity contribution is 5.85. The van der Waals surface area contributed by atoms with Gasteiger partial charge < -0.3 is 5.73 Å². The zero-order valence-corrected chi connectivity index (χ0v) is 10.9. The molecule has 0 unspecified atom stereocenters. The van der Waals surface area contributed by atoms with E-state index in [0.717, 1.165) is 12.5 Å². The van der Waals surface area contributed by atoms with Gasteiger partial charge in [-0.05, 0) is 49.0 Å². The van der Waals surface area contributed by atoms with Gasteiger partial charge in [-0.3, -0.25) is 0 Å². The van der Waals surface area contributed by atoms with Gasteiger partial charge >= 0.3 is 0 Å². The third-order valence-electron chi connectivity index (χ3n) is 3.21. The van der Waals surface area contributed by atoms with Gasteiger partial charge in [-0.1, -0.05) is 27.7 Å². The van der Waals surface area contributed by atoms with Crippen LogP contribution in [0.1, 0.15) is 53.4 Å². The van der Waals surface area contributed by atoms with E-state index in [1.807, 2.05) is 0 Å². The molecule has 1 saturated carbocycles. The number of rotatable bonds is 2. The third-order valence-corrected chi connectivity index (χ3v) is 3.21. The molecule has 86 valence electrons. The van der Waals surface area contributed by atoms with Crippen molar-refractivity contribution in [3.63, 3.8) is 0 Å². The zero-order chi connectivity index (χ0) is 10.1. The van der Waals surface area contributed by atoms with Crippen molar-refractivity contribution in [1.82, 2.24) is 0 Å². The van der Waals surface area contributed by atoms with E-state index in [1.165, 1.54) is 25.7 Å². The maximum atomic E-state index is 5.64. The van der Waals surface area contributed by atoms with E-state index in [0.29, 0.717) is 10.8 Å². The number of hydrogen-bond donors (Lipinski definition) is 1. The topological polar surface area (TPSA) is 26.0 Å². The number of hydrogen-bond acceptors (Lipinski definition) is 1. The average Bonchev–Trinajstić information content (AvgIpc) is 1.78. The van der Waals surface area contributed by atoms with Gasteiger partial charge in [0.25, 0.3) is 0 Å². The van der Waals surface area contributed by atoms with E-state index in [1.54, 1.807) is 0 Å². The first-order valence-corrected chi connectivity index (χ1v) is 5.55. The van der Waals surface area contributed by atoms with Crippen LogP contribution in [0, 0.1) is 16.7 Å². The normalized spacial score (nSPS) is 25.5. The average molecular weight is 220 g/mol. The molecule has 1 aliphatic rings. The van der Waals surface area contributed by atoms with Crippen LogP contribution in [0.15, 0.2) is 0 Å². The summed E-state index contributed by atoms with van der Waals surface area (Å²) in [6.45, 7) is 10.5. The van der Waals surface area contributed by atoms with Crippen LogP contribution in [0.5, 0.6) is 0 Å². The van der Waals surface area contributed by atoms with E-state index in [2.05, 4.69) is 27.7 Å². The van der Waals surface area contributed by atoms with Crippen molar-refractivity contribution in [3.05, 3.63) is 0 Å². The Morgan fingerprint density at radius 1 is 1.07 bits per heavy atom. The van der Waals surface area contributed by atoms with Gasteiger partial charge in [-0.15, -0.1) is 12.4 Å². The van der Waals surface area contributed by atoms with Crippen molar-refractivity contribution >= 4 is 12.4 Å². The molecule has 0 spiro atoms. The zero-order valence-electron chi connectivity index (χ0n) is 10.1. The van der Waals surface area contributed by atoms with Crippen LogP contribution in [-0.4, -0.2) is 6.54 Å². The molecule has 0 aromatic carbocycles. The first-order valence-electron chi connectivity index (χ1n) is 5.55. The fourth-order valence-corrected chi connectivity index (χ4v) is 3.51. The fraction of sp³-hybridized carbons (Fsp3) is 1.00. The predicted molar refractivity (Wildman–Crippen MR) is 65.8 cm³/mol. The summed E-state index contributed by atoms with van der Waals surface area (Å²) in [5, 5.41) is 0. The molecule has 0 bridgehead atoms. The van der Waals surface area contributed by atoms with Gasteiger partial charge in [0.1, 0.15) is 0 Å². The fourth-order valence-electron chi connectivity index (χ4n) is 3.51. The second-order valence-corrected chi connectivity index (χ2v) is 6.36. The molecule has 0 atom stereocenters. The molecular weight excluding hydrogens is 194 g/mol. The Hall–Kier alpha value is 0.250. The minimum atomic E-state index is 0. The molecule has 0 aromatic heterocycles. The molecule has 0 aliphatic heterocycles. The van der Waals surface area contributed by atoms with Crippen LogP contribution < -0.4 is 5.73 Å². The van der Waals surface area contributed by atoms with Crippen LogP contribution in [0.25, 0.3) is 0 Å². The highest BCUT2D eigenvalue weighted by Crippen LogP contribution is 2.48. The number of nitrogens with two attached hydrogens (primary N) is 1. The van der Waals surface area contributed by atoms with Gasteiger partial charge in [0.2, 0.25) is 0 Å². The van der Waals surface area contributed by atoms with Crippen molar-refractivity contribution < 1.29 is 0 Å². The van der Waals surface area contributed by atoms with Crippen molar-refractivity contribution in [2.75, 3.05) is 6.54 Å². The largest absolute Gasteiger partial charge is 0.330 e. The summed E-state index contributed by atoms with van der Waals surface area (Å²) in [7, 11) is 0. The molecule has 0 saturated heterocycles. The van der Waals surface area contributed by atoms with E-state index < -0.39 is 0 Å². The molecular formula is C12H26ClN. The van der Waals surface area contributed by atoms with Gasteiger partial charge in [0, 0.05) is 0 Å². The lowest BCUT2D eigenvalue weighted by Crippen LogP contribution is -2.34. The Labute approximate surface area is 95.2 Å². The minimum absolute atomic E-state index is 0. The van der Waals surface area contributed by atoms with Crippen molar-refractivity contribution in [3.8, 4) is 0 Å². The molecule has 1 nitrogen and oxygen atoms in total. The molecule has 1 aliphatic carbocycles. The van der Waals surface area contributed by atoms with E-state index in [9.17, 15) is 0 Å². The maximum absolute atomic E-state index is 5.64. The monoisotopic (exact) mass is 219 g/mol. The third kappa shape index (κ3) is 4.18. The maximum Gasteiger partial charge on any atom is -0.00746 e. The molecule has 1 rings (SSSR count). The highest BCUT2D eigenvalue weighted by Gasteiger charge is 2.37. The lowest BCUT2D eigenvalue weighted by molar-refractivity contribution is 0.0650. The first kappa shape index (κ1) is 14.2. The summed E-state index contributed by atoms with van der Waals surface area (Å²) in [5.41, 5.74) is 6.70. The summed E-state index contributed by atoms with van der Waals surface area (Å²) in [5.74, 6) is 0.865. The first-order chi connectivity index (χ1) is 5.85. The second-order valence-electron chi connectivity index (χ2n) is 6.36. The lowest BCUT2D eigenvalue weighted by Gasteiger charge is -2.45. The summed E-state index contributed by atoms with van der Waals surface area (Å²) in [4.78, 5) is 0. The Morgan fingerprint density at radius 2 is 1.50 bits per heavy atom. The smallest absolute Gasteiger partial charge is 0.00746 e. The Morgan fingerprint density at radius 3 is 1.86 bits per heavy atom. The molecule has 0 heterocycles. The van der Waals surface area contributed by atoms with Crippen LogP contribution in [-0.2, 0) is 0 Å². The Balaban J connectivity index is 0.00000169. The molecule has 14 heavy (non-hydrogen) atoms. The molecule has 0 amide bonds. The van der Waals surface area contributed by atoms with Crippen molar-refractivity contribution in [2.45, 2.75) is 53.4 Å². The highest BCUT2D eigenvalue weighted by atomic mass is 35.5. The predicted octanol–water partition coefficient (Wildman–Crippen LogP) is 3.61. The standard InChI is InChI=1S/C12H25N.ClH/c1-11(2)7-10(5-6-13)8-12(3,4)9-11;/h10H,5-9,13H2,1-4H3;1H. The molecule has 2 heteroatoms. The van der Waals surface area contributed by atoms with Gasteiger partial charge in [-0.25, -0.2) is 0 Å². The van der Waals surface area contributed by atoms with Crippen LogP contribution in [0.4, 0.5) is 0 Å². The summed E-state index contributed by atoms with van der Waals surface area (Å²) >= 11 is 0. The molecule has 2 N–H and O–H groups in total. The second kappa shape index (κ2) is 4.85. The van der Waals surface area contributed by atoms with Gasteiger partial charge in [-0.2, -0.15) is 0 Å². The van der Waals surface area contributed by atoms with Gasteiger partial charge in [0.05, 0.1) is 0 Å². The summed E-state index contributed by atoms with van der Waals surface area (Å²) in [6, 6.07) is 0. The minimum Gasteiger partial charge on any atom is -0.330 e. The number of halogens is 1. The lowest BCUT2D eigenvalue weighted by atomic mass is 9.61. The molecule has 1 fully saturated rings. The van der Waals surface area contributed by atoms with Crippen molar-refractivity contribution in [1.29, 1.82) is 0 Å². The quantitative estimate of drug-likeness (QED) is 0.755. The molecule has 0 radical (unpaired) electrons. The van der Waals surface area contributed by atoms with E-state index in [4.69, 9.17) is 5.73 Å². The van der Waals surface area contributed by atoms with E-state index >= 15 is 0 Å². The Kier molecular flexibility index (Phi) is 4.94. The summed E-state index contributed by atoms with van der Waals surface area (Å²) in [6.07, 6.45) is 5.31. The van der Waals surface area contributed by atoms with Crippen LogP contribution in [0.3, 0.4) is 0 Å². The van der Waals surface area contributed by atoms with E-state index in [-0.39, 0.29) is 12.4 Å². The summed E-state index contributed by atoms with van der Waals surface area (Å²) < 4.78 is 0. The van der Waals surface area contributed by atoms with Crippen LogP contribution >= 0.6 is 12.4 Å².